The van der Waals surface area contributed by atoms with Crippen LogP contribution >= 0.6 is 45.5 Å². The van der Waals surface area contributed by atoms with Gasteiger partial charge in [0.05, 0.1) is 21.1 Å². The van der Waals surface area contributed by atoms with Gasteiger partial charge in [-0.1, -0.05) is 65.9 Å². The van der Waals surface area contributed by atoms with Crippen molar-refractivity contribution in [1.29, 1.82) is 0 Å². The molecule has 1 amide bonds. The summed E-state index contributed by atoms with van der Waals surface area (Å²) in [5.41, 5.74) is 3.54. The van der Waals surface area contributed by atoms with Crippen LogP contribution in [0.5, 0.6) is 0 Å². The molecule has 7 rings (SSSR count). The maximum Gasteiger partial charge on any atom is 0.412 e. The highest BCUT2D eigenvalue weighted by Gasteiger charge is 2.54. The van der Waals surface area contributed by atoms with Crippen LogP contribution in [0.25, 0.3) is 40.2 Å². The second-order valence-corrected chi connectivity index (χ2v) is 14.3. The molecule has 2 N–H and O–H groups in total. The lowest BCUT2D eigenvalue weighted by atomic mass is 10.1. The Kier molecular flexibility index (Phi) is 7.08. The van der Waals surface area contributed by atoms with Crippen LogP contribution < -0.4 is 5.32 Å². The highest BCUT2D eigenvalue weighted by atomic mass is 32.1. The third kappa shape index (κ3) is 5.24. The van der Waals surface area contributed by atoms with Crippen LogP contribution in [0.4, 0.5) is 10.5 Å². The van der Waals surface area contributed by atoms with Gasteiger partial charge in [-0.25, -0.2) is 4.79 Å². The molecule has 43 heavy (non-hydrogen) atoms. The smallest absolute Gasteiger partial charge is 0.412 e. The number of ether oxygens (including phenoxy) is 1. The summed E-state index contributed by atoms with van der Waals surface area (Å²) in [6, 6.07) is 22.1. The Morgan fingerprint density at radius 2 is 1.60 bits per heavy atom. The van der Waals surface area contributed by atoms with Crippen molar-refractivity contribution in [2.24, 2.45) is 0 Å². The molecular weight excluding hydrogens is 621 g/mol. The molecule has 0 saturated heterocycles. The molecule has 1 saturated carbocycles. The predicted octanol–water partition coefficient (Wildman–Crippen LogP) is 9.01. The maximum absolute atomic E-state index is 12.8. The number of rotatable bonds is 8. The highest BCUT2D eigenvalue weighted by molar-refractivity contribution is 7.32. The van der Waals surface area contributed by atoms with Gasteiger partial charge >= 0.3 is 12.1 Å². The Morgan fingerprint density at radius 3 is 2.30 bits per heavy atom. The molecular formula is C31H24N4O4S4. The number of amides is 1. The number of aromatic nitrogens is 3. The first-order chi connectivity index (χ1) is 20.8. The predicted molar refractivity (Wildman–Crippen MR) is 173 cm³/mol. The first-order valence-electron chi connectivity index (χ1n) is 13.5. The van der Waals surface area contributed by atoms with Crippen LogP contribution in [0.2, 0.25) is 0 Å². The van der Waals surface area contributed by atoms with E-state index in [1.54, 1.807) is 22.7 Å². The number of hydrogen-bond donors (Lipinski definition) is 2. The molecule has 0 spiro atoms. The first kappa shape index (κ1) is 27.8. The normalized spacial score (nSPS) is 14.5. The number of aryl methyl sites for hydroxylation is 1. The number of benzene rings is 2. The van der Waals surface area contributed by atoms with Crippen LogP contribution in [0, 0.1) is 6.92 Å². The fourth-order valence-corrected chi connectivity index (χ4v) is 9.24. The van der Waals surface area contributed by atoms with Crippen LogP contribution in [-0.2, 0) is 14.9 Å². The minimum Gasteiger partial charge on any atom is -0.481 e. The molecule has 0 bridgehead atoms. The van der Waals surface area contributed by atoms with Gasteiger partial charge in [0.25, 0.3) is 0 Å². The molecule has 1 aliphatic rings. The summed E-state index contributed by atoms with van der Waals surface area (Å²) < 4.78 is 12.5. The zero-order valence-corrected chi connectivity index (χ0v) is 26.3. The van der Waals surface area contributed by atoms with E-state index < -0.39 is 17.5 Å². The number of nitrogens with zero attached hydrogens (tertiary/aromatic N) is 3. The monoisotopic (exact) mass is 644 g/mol. The van der Waals surface area contributed by atoms with Gasteiger partial charge in [0.1, 0.15) is 21.5 Å². The van der Waals surface area contributed by atoms with E-state index in [0.717, 1.165) is 51.4 Å². The number of anilines is 1. The molecule has 8 nitrogen and oxygen atoms in total. The second kappa shape index (κ2) is 10.9. The van der Waals surface area contributed by atoms with E-state index in [9.17, 15) is 14.7 Å². The van der Waals surface area contributed by atoms with E-state index in [2.05, 4.69) is 44.2 Å². The Labute approximate surface area is 262 Å². The maximum atomic E-state index is 12.8. The van der Waals surface area contributed by atoms with Crippen molar-refractivity contribution < 1.29 is 19.4 Å². The standard InChI is InChI=1S/C31H24N4O4S4/c1-16-25(32-30(38)39-17(2)18-6-4-3-5-7-18)26(43-35-16)24-15-23-22(41-24)14-21(40-23)19-8-10-20(11-9-19)27-33-34-28(42-27)31(12-13-31)29(36)37/h3-11,14-15,17H,12-13H2,1-2H3,(H,32,38)(H,36,37). The van der Waals surface area contributed by atoms with Crippen molar-refractivity contribution >= 4 is 72.7 Å². The van der Waals surface area contributed by atoms with Crippen LogP contribution in [-0.4, -0.2) is 31.7 Å². The van der Waals surface area contributed by atoms with Gasteiger partial charge in [-0.15, -0.1) is 32.9 Å². The number of carboxylic acids is 1. The lowest BCUT2D eigenvalue weighted by Crippen LogP contribution is -2.19. The Balaban J connectivity index is 1.07. The number of carboxylic acid groups (broad SMARTS) is 1. The van der Waals surface area contributed by atoms with Crippen molar-refractivity contribution in [1.82, 2.24) is 14.6 Å². The largest absolute Gasteiger partial charge is 0.481 e. The van der Waals surface area contributed by atoms with E-state index in [-0.39, 0.29) is 6.10 Å². The fourth-order valence-electron chi connectivity index (χ4n) is 4.81. The second-order valence-electron chi connectivity index (χ2n) is 10.4. The molecule has 12 heteroatoms. The molecule has 4 heterocycles. The topological polar surface area (TPSA) is 114 Å². The van der Waals surface area contributed by atoms with Crippen molar-refractivity contribution in [2.75, 3.05) is 5.32 Å². The first-order valence-corrected chi connectivity index (χ1v) is 16.7. The molecule has 1 aliphatic carbocycles. The third-order valence-corrected chi connectivity index (χ3v) is 12.1. The van der Waals surface area contributed by atoms with Crippen LogP contribution in [0.15, 0.2) is 66.7 Å². The summed E-state index contributed by atoms with van der Waals surface area (Å²) >= 11 is 6.11. The summed E-state index contributed by atoms with van der Waals surface area (Å²) in [5.74, 6) is -0.819. The van der Waals surface area contributed by atoms with Gasteiger partial charge < -0.3 is 9.84 Å². The quantitative estimate of drug-likeness (QED) is 0.170. The van der Waals surface area contributed by atoms with Gasteiger partial charge in [-0.05, 0) is 61.5 Å². The molecule has 6 aromatic rings. The van der Waals surface area contributed by atoms with Crippen molar-refractivity contribution in [2.45, 2.75) is 38.2 Å². The van der Waals surface area contributed by atoms with Gasteiger partial charge in [-0.3, -0.25) is 10.1 Å². The fraction of sp³-hybridized carbons (Fsp3) is 0.194. The van der Waals surface area contributed by atoms with Crippen molar-refractivity contribution in [3.63, 3.8) is 0 Å². The summed E-state index contributed by atoms with van der Waals surface area (Å²) in [7, 11) is 0. The van der Waals surface area contributed by atoms with Gasteiger partial charge in [-0.2, -0.15) is 4.37 Å². The molecule has 216 valence electrons. The summed E-state index contributed by atoms with van der Waals surface area (Å²) in [4.78, 5) is 27.5. The lowest BCUT2D eigenvalue weighted by molar-refractivity contribution is -0.140. The third-order valence-electron chi connectivity index (χ3n) is 7.48. The number of thiophene rings is 2. The molecule has 0 radical (unpaired) electrons. The van der Waals surface area contributed by atoms with Crippen molar-refractivity contribution in [3.8, 4) is 30.8 Å². The van der Waals surface area contributed by atoms with Gasteiger partial charge in [0.2, 0.25) is 0 Å². The Hall–Kier alpha value is -3.97. The molecule has 1 atom stereocenters. The minimum absolute atomic E-state index is 0.376. The number of aliphatic carboxylic acids is 1. The molecule has 0 aliphatic heterocycles. The number of hydrogen-bond acceptors (Lipinski definition) is 10. The number of nitrogens with one attached hydrogen (secondary N) is 1. The lowest BCUT2D eigenvalue weighted by Gasteiger charge is -2.14. The average molecular weight is 645 g/mol. The van der Waals surface area contributed by atoms with Crippen LogP contribution in [0.1, 0.15) is 42.1 Å². The van der Waals surface area contributed by atoms with Crippen LogP contribution in [0.3, 0.4) is 0 Å². The molecule has 1 unspecified atom stereocenters. The van der Waals surface area contributed by atoms with Gasteiger partial charge in [0, 0.05) is 19.8 Å². The summed E-state index contributed by atoms with van der Waals surface area (Å²) in [5, 5.41) is 22.3. The molecule has 2 aromatic carbocycles. The summed E-state index contributed by atoms with van der Waals surface area (Å²) in [6.07, 6.45) is 0.352. The molecule has 1 fully saturated rings. The van der Waals surface area contributed by atoms with E-state index in [1.807, 2.05) is 56.3 Å². The average Bonchev–Trinajstić information content (AvgIpc) is 3.30. The number of fused-ring (bicyclic) bond motifs is 1. The SMILES string of the molecule is Cc1nsc(-c2cc3sc(-c4ccc(-c5nnc(C6(C(=O)O)CC6)s5)cc4)cc3s2)c1NC(=O)OC(C)c1ccccc1. The highest BCUT2D eigenvalue weighted by Crippen LogP contribution is 2.50. The molecule has 4 aromatic heterocycles. The number of carbonyl (C=O) groups is 2. The van der Waals surface area contributed by atoms with Gasteiger partial charge in [0.15, 0.2) is 0 Å². The van der Waals surface area contributed by atoms with E-state index in [1.165, 1.54) is 22.9 Å². The number of carbonyl (C=O) groups excluding carboxylic acids is 1. The minimum atomic E-state index is -0.837. The zero-order chi connectivity index (χ0) is 29.7. The van der Waals surface area contributed by atoms with Crippen molar-refractivity contribution in [3.05, 3.63) is 83.0 Å². The Morgan fingerprint density at radius 1 is 0.930 bits per heavy atom. The zero-order valence-electron chi connectivity index (χ0n) is 23.0. The summed E-state index contributed by atoms with van der Waals surface area (Å²) in [6.45, 7) is 3.73. The van der Waals surface area contributed by atoms with E-state index >= 15 is 0 Å². The van der Waals surface area contributed by atoms with E-state index in [0.29, 0.717) is 23.5 Å². The Bertz CT molecular complexity index is 1940. The van der Waals surface area contributed by atoms with E-state index in [4.69, 9.17) is 4.74 Å².